The van der Waals surface area contributed by atoms with E-state index in [0.29, 0.717) is 11.4 Å². The third-order valence-electron chi connectivity index (χ3n) is 3.49. The molecule has 4 nitrogen and oxygen atoms in total. The Labute approximate surface area is 121 Å². The van der Waals surface area contributed by atoms with Crippen LogP contribution in [0.2, 0.25) is 0 Å². The predicted molar refractivity (Wildman–Crippen MR) is 79.5 cm³/mol. The molecular formula is C16H15FN2O2. The molecule has 0 fully saturated rings. The summed E-state index contributed by atoms with van der Waals surface area (Å²) in [5.74, 6) is -0.691. The maximum atomic E-state index is 13.9. The summed E-state index contributed by atoms with van der Waals surface area (Å²) in [7, 11) is 1.45. The van der Waals surface area contributed by atoms with Gasteiger partial charge in [-0.25, -0.2) is 4.39 Å². The van der Waals surface area contributed by atoms with Gasteiger partial charge < -0.3 is 15.4 Å². The lowest BCUT2D eigenvalue weighted by Crippen LogP contribution is -2.13. The van der Waals surface area contributed by atoms with Gasteiger partial charge in [0.1, 0.15) is 11.6 Å². The minimum Gasteiger partial charge on any atom is -0.497 e. The number of methoxy groups -OCH3 is 1. The fourth-order valence-electron chi connectivity index (χ4n) is 2.39. The van der Waals surface area contributed by atoms with Crippen LogP contribution in [0.5, 0.6) is 5.75 Å². The zero-order valence-corrected chi connectivity index (χ0v) is 11.6. The van der Waals surface area contributed by atoms with Crippen LogP contribution in [0.25, 0.3) is 0 Å². The van der Waals surface area contributed by atoms with Gasteiger partial charge in [-0.15, -0.1) is 0 Å². The lowest BCUT2D eigenvalue weighted by molar-refractivity contribution is 0.102. The fraction of sp³-hybridized carbons (Fsp3) is 0.188. The van der Waals surface area contributed by atoms with Crippen LogP contribution in [-0.4, -0.2) is 19.6 Å². The standard InChI is InChI=1S/C16H15FN2O2/c1-21-12-3-4-13(14(17)9-12)16(20)19-11-2-5-15-10(8-11)6-7-18-15/h2-5,8-9,18H,6-7H2,1H3,(H,19,20). The first-order valence-electron chi connectivity index (χ1n) is 6.69. The second kappa shape index (κ2) is 5.44. The maximum Gasteiger partial charge on any atom is 0.258 e. The molecule has 1 heterocycles. The molecule has 2 N–H and O–H groups in total. The predicted octanol–water partition coefficient (Wildman–Crippen LogP) is 3.05. The number of fused-ring (bicyclic) bond motifs is 1. The molecule has 2 aromatic rings. The number of amides is 1. The summed E-state index contributed by atoms with van der Waals surface area (Å²) in [6.07, 6.45) is 0.927. The van der Waals surface area contributed by atoms with Crippen molar-refractivity contribution in [2.24, 2.45) is 0 Å². The van der Waals surface area contributed by atoms with Crippen molar-refractivity contribution in [2.45, 2.75) is 6.42 Å². The smallest absolute Gasteiger partial charge is 0.258 e. The molecule has 0 bridgehead atoms. The molecule has 0 saturated carbocycles. The summed E-state index contributed by atoms with van der Waals surface area (Å²) in [5, 5.41) is 5.97. The SMILES string of the molecule is COc1ccc(C(=O)Nc2ccc3c(c2)CCN3)c(F)c1. The van der Waals surface area contributed by atoms with E-state index in [4.69, 9.17) is 4.74 Å². The van der Waals surface area contributed by atoms with E-state index < -0.39 is 11.7 Å². The van der Waals surface area contributed by atoms with E-state index in [1.54, 1.807) is 12.1 Å². The molecule has 21 heavy (non-hydrogen) atoms. The van der Waals surface area contributed by atoms with Crippen LogP contribution in [0.4, 0.5) is 15.8 Å². The molecule has 1 aliphatic heterocycles. The van der Waals surface area contributed by atoms with Crippen molar-refractivity contribution in [1.82, 2.24) is 0 Å². The highest BCUT2D eigenvalue weighted by Crippen LogP contribution is 2.26. The average molecular weight is 286 g/mol. The van der Waals surface area contributed by atoms with Crippen molar-refractivity contribution in [3.8, 4) is 5.75 Å². The van der Waals surface area contributed by atoms with E-state index in [1.807, 2.05) is 12.1 Å². The molecule has 5 heteroatoms. The first-order valence-corrected chi connectivity index (χ1v) is 6.69. The minimum absolute atomic E-state index is 0.00516. The summed E-state index contributed by atoms with van der Waals surface area (Å²) in [6.45, 7) is 0.903. The van der Waals surface area contributed by atoms with Crippen molar-refractivity contribution in [1.29, 1.82) is 0 Å². The number of hydrogen-bond donors (Lipinski definition) is 2. The minimum atomic E-state index is -0.602. The Bertz CT molecular complexity index is 701. The molecule has 0 saturated heterocycles. The van der Waals surface area contributed by atoms with Gasteiger partial charge in [0, 0.05) is 24.0 Å². The number of halogens is 1. The van der Waals surface area contributed by atoms with E-state index in [2.05, 4.69) is 10.6 Å². The van der Waals surface area contributed by atoms with Crippen LogP contribution in [-0.2, 0) is 6.42 Å². The van der Waals surface area contributed by atoms with E-state index in [0.717, 1.165) is 24.2 Å². The van der Waals surface area contributed by atoms with Crippen LogP contribution < -0.4 is 15.4 Å². The van der Waals surface area contributed by atoms with E-state index in [1.165, 1.54) is 19.2 Å². The van der Waals surface area contributed by atoms with E-state index in [9.17, 15) is 9.18 Å². The van der Waals surface area contributed by atoms with Crippen molar-refractivity contribution < 1.29 is 13.9 Å². The van der Waals surface area contributed by atoms with Crippen LogP contribution in [0.1, 0.15) is 15.9 Å². The number of anilines is 2. The molecule has 0 aliphatic carbocycles. The lowest BCUT2D eigenvalue weighted by Gasteiger charge is -2.09. The van der Waals surface area contributed by atoms with Crippen LogP contribution >= 0.6 is 0 Å². The number of carbonyl (C=O) groups excluding carboxylic acids is 1. The second-order valence-corrected chi connectivity index (χ2v) is 4.85. The van der Waals surface area contributed by atoms with Gasteiger partial charge in [-0.2, -0.15) is 0 Å². The molecule has 0 atom stereocenters. The molecule has 1 amide bonds. The molecular weight excluding hydrogens is 271 g/mol. The Balaban J connectivity index is 1.80. The summed E-state index contributed by atoms with van der Waals surface area (Å²) < 4.78 is 18.8. The molecule has 0 unspecified atom stereocenters. The quantitative estimate of drug-likeness (QED) is 0.911. The first-order chi connectivity index (χ1) is 10.2. The molecule has 2 aromatic carbocycles. The van der Waals surface area contributed by atoms with Crippen LogP contribution in [0, 0.1) is 5.82 Å². The normalized spacial score (nSPS) is 12.5. The van der Waals surface area contributed by atoms with Crippen LogP contribution in [0.3, 0.4) is 0 Å². The van der Waals surface area contributed by atoms with Gasteiger partial charge in [0.05, 0.1) is 12.7 Å². The van der Waals surface area contributed by atoms with Gasteiger partial charge in [-0.05, 0) is 42.3 Å². The van der Waals surface area contributed by atoms with Gasteiger partial charge in [-0.3, -0.25) is 4.79 Å². The molecule has 0 aromatic heterocycles. The van der Waals surface area contributed by atoms with Gasteiger partial charge >= 0.3 is 0 Å². The number of rotatable bonds is 3. The molecule has 0 spiro atoms. The van der Waals surface area contributed by atoms with Gasteiger partial charge in [0.25, 0.3) is 5.91 Å². The highest BCUT2D eigenvalue weighted by atomic mass is 19.1. The first kappa shape index (κ1) is 13.4. The Morgan fingerprint density at radius 3 is 2.90 bits per heavy atom. The van der Waals surface area contributed by atoms with Crippen molar-refractivity contribution in [3.63, 3.8) is 0 Å². The Kier molecular flexibility index (Phi) is 3.48. The molecule has 1 aliphatic rings. The third kappa shape index (κ3) is 2.67. The van der Waals surface area contributed by atoms with Crippen molar-refractivity contribution in [2.75, 3.05) is 24.3 Å². The number of ether oxygens (including phenoxy) is 1. The number of carbonyl (C=O) groups is 1. The summed E-state index contributed by atoms with van der Waals surface area (Å²) in [6, 6.07) is 9.80. The van der Waals surface area contributed by atoms with Gasteiger partial charge in [0.15, 0.2) is 0 Å². The topological polar surface area (TPSA) is 50.4 Å². The Morgan fingerprint density at radius 1 is 1.29 bits per heavy atom. The van der Waals surface area contributed by atoms with Gasteiger partial charge in [0.2, 0.25) is 0 Å². The summed E-state index contributed by atoms with van der Waals surface area (Å²) in [4.78, 5) is 12.1. The van der Waals surface area contributed by atoms with Crippen molar-refractivity contribution in [3.05, 3.63) is 53.3 Å². The Hall–Kier alpha value is -2.56. The lowest BCUT2D eigenvalue weighted by atomic mass is 10.1. The van der Waals surface area contributed by atoms with Crippen molar-refractivity contribution >= 4 is 17.3 Å². The summed E-state index contributed by atoms with van der Waals surface area (Å²) >= 11 is 0. The van der Waals surface area contributed by atoms with Gasteiger partial charge in [-0.1, -0.05) is 0 Å². The highest BCUT2D eigenvalue weighted by molar-refractivity contribution is 6.04. The monoisotopic (exact) mass is 286 g/mol. The van der Waals surface area contributed by atoms with Crippen LogP contribution in [0.15, 0.2) is 36.4 Å². The molecule has 3 rings (SSSR count). The average Bonchev–Trinajstić information content (AvgIpc) is 2.94. The maximum absolute atomic E-state index is 13.9. The second-order valence-electron chi connectivity index (χ2n) is 4.85. The molecule has 108 valence electrons. The number of hydrogen-bond acceptors (Lipinski definition) is 3. The number of nitrogens with one attached hydrogen (secondary N) is 2. The largest absolute Gasteiger partial charge is 0.497 e. The third-order valence-corrected chi connectivity index (χ3v) is 3.49. The molecule has 0 radical (unpaired) electrons. The number of benzene rings is 2. The van der Waals surface area contributed by atoms with E-state index in [-0.39, 0.29) is 5.56 Å². The highest BCUT2D eigenvalue weighted by Gasteiger charge is 2.15. The zero-order valence-electron chi connectivity index (χ0n) is 11.6. The summed E-state index contributed by atoms with van der Waals surface area (Å²) in [5.41, 5.74) is 2.90. The fourth-order valence-corrected chi connectivity index (χ4v) is 2.39. The zero-order chi connectivity index (χ0) is 14.8. The van der Waals surface area contributed by atoms with E-state index >= 15 is 0 Å². The Morgan fingerprint density at radius 2 is 2.14 bits per heavy atom.